The van der Waals surface area contributed by atoms with Crippen LogP contribution in [0.1, 0.15) is 18.9 Å². The summed E-state index contributed by atoms with van der Waals surface area (Å²) in [4.78, 5) is 0. The number of aryl methyl sites for hydroxylation is 1. The van der Waals surface area contributed by atoms with Crippen LogP contribution in [0.25, 0.3) is 0 Å². The van der Waals surface area contributed by atoms with E-state index in [2.05, 4.69) is 37.9 Å². The van der Waals surface area contributed by atoms with Gasteiger partial charge in [-0.3, -0.25) is 0 Å². The molecule has 0 amide bonds. The Hall–Kier alpha value is -0.585. The molecule has 46 valence electrons. The Morgan fingerprint density at radius 2 is 2.44 bits per heavy atom. The van der Waals surface area contributed by atoms with Crippen LogP contribution in [0.3, 0.4) is 0 Å². The van der Waals surface area contributed by atoms with Gasteiger partial charge in [-0.15, -0.1) is 0 Å². The van der Waals surface area contributed by atoms with Gasteiger partial charge < -0.3 is 0 Å². The minimum atomic E-state index is 1.21. The fourth-order valence-corrected chi connectivity index (χ4v) is 0.933. The molecule has 0 saturated heterocycles. The molecule has 1 rings (SSSR count). The van der Waals surface area contributed by atoms with Gasteiger partial charge in [-0.1, -0.05) is 0 Å². The summed E-state index contributed by atoms with van der Waals surface area (Å²) in [5.41, 5.74) is 1.44. The first-order chi connectivity index (χ1) is 4.43. The Kier molecular flexibility index (Phi) is 2.50. The third-order valence-corrected chi connectivity index (χ3v) is 1.38. The molecule has 0 aliphatic carbocycles. The van der Waals surface area contributed by atoms with Gasteiger partial charge >= 0.3 is 56.3 Å². The van der Waals surface area contributed by atoms with E-state index in [0.717, 1.165) is 0 Å². The zero-order valence-electron chi connectivity index (χ0n) is 5.80. The number of hydrogen-bond donors (Lipinski definition) is 0. The molecule has 0 spiro atoms. The molecule has 1 heterocycles. The summed E-state index contributed by atoms with van der Waals surface area (Å²) in [5.74, 6) is 4.22. The molecule has 0 nitrogen and oxygen atoms in total. The number of hydrogen-bond acceptors (Lipinski definition) is 0. The fourth-order valence-electron chi connectivity index (χ4n) is 0.933. The predicted molar refractivity (Wildman–Crippen MR) is 41.8 cm³/mol. The third kappa shape index (κ3) is 2.00. The second-order valence-electron chi connectivity index (χ2n) is 2.24. The summed E-state index contributed by atoms with van der Waals surface area (Å²) in [6, 6.07) is 4.26. The van der Waals surface area contributed by atoms with Gasteiger partial charge in [-0.25, -0.2) is 0 Å². The van der Waals surface area contributed by atoms with Gasteiger partial charge in [0.15, 0.2) is 0 Å². The van der Waals surface area contributed by atoms with Crippen molar-refractivity contribution in [3.8, 4) is 0 Å². The molecule has 0 aliphatic heterocycles. The monoisotopic (exact) mass is 118 g/mol. The summed E-state index contributed by atoms with van der Waals surface area (Å²) >= 11 is 0. The minimum absolute atomic E-state index is 1.21. The van der Waals surface area contributed by atoms with Crippen molar-refractivity contribution >= 4 is 6.91 Å². The second-order valence-corrected chi connectivity index (χ2v) is 2.24. The Labute approximate surface area is 57.1 Å². The molecule has 0 aliphatic rings. The van der Waals surface area contributed by atoms with E-state index in [1.165, 1.54) is 18.4 Å². The molecule has 0 unspecified atom stereocenters. The number of rotatable bonds is 2. The van der Waals surface area contributed by atoms with E-state index in [1.807, 2.05) is 0 Å². The van der Waals surface area contributed by atoms with Gasteiger partial charge in [0.25, 0.3) is 0 Å². The zero-order chi connectivity index (χ0) is 6.53. The van der Waals surface area contributed by atoms with E-state index in [4.69, 9.17) is 0 Å². The van der Waals surface area contributed by atoms with Crippen LogP contribution in [0.15, 0.2) is 24.1 Å². The topological polar surface area (TPSA) is 0 Å². The van der Waals surface area contributed by atoms with Crippen molar-refractivity contribution in [1.29, 1.82) is 0 Å². The first kappa shape index (κ1) is 6.53. The van der Waals surface area contributed by atoms with E-state index in [9.17, 15) is 0 Å². The molecule has 0 atom stereocenters. The second kappa shape index (κ2) is 3.44. The summed E-state index contributed by atoms with van der Waals surface area (Å²) in [6.45, 7) is 4.29. The first-order valence-electron chi connectivity index (χ1n) is 3.47. The molecule has 1 heteroatoms. The van der Waals surface area contributed by atoms with Gasteiger partial charge in [0.05, 0.1) is 0 Å². The Balaban J connectivity index is 2.61. The van der Waals surface area contributed by atoms with Crippen LogP contribution in [-0.2, 0) is 6.42 Å². The summed E-state index contributed by atoms with van der Waals surface area (Å²) in [5, 5.41) is 0. The van der Waals surface area contributed by atoms with Gasteiger partial charge in [0.1, 0.15) is 0 Å². The van der Waals surface area contributed by atoms with Crippen molar-refractivity contribution in [2.75, 3.05) is 0 Å². The quantitative estimate of drug-likeness (QED) is 0.556. The molecular weight excluding hydrogens is 107 g/mol. The van der Waals surface area contributed by atoms with E-state index < -0.39 is 0 Å². The van der Waals surface area contributed by atoms with E-state index in [0.29, 0.717) is 0 Å². The Bertz CT molecular complexity index is 157. The van der Waals surface area contributed by atoms with Crippen LogP contribution in [0.2, 0.25) is 0 Å². The van der Waals surface area contributed by atoms with E-state index in [1.54, 1.807) is 0 Å². The van der Waals surface area contributed by atoms with Crippen molar-refractivity contribution in [1.82, 2.24) is 0 Å². The molecule has 9 heavy (non-hydrogen) atoms. The first-order valence-corrected chi connectivity index (χ1v) is 3.47. The third-order valence-electron chi connectivity index (χ3n) is 1.38. The molecule has 1 aromatic rings. The molecule has 0 bridgehead atoms. The predicted octanol–water partition coefficient (Wildman–Crippen LogP) is 1.98. The van der Waals surface area contributed by atoms with Gasteiger partial charge in [-0.2, -0.15) is 0 Å². The fraction of sp³-hybridized carbons (Fsp3) is 0.375. The van der Waals surface area contributed by atoms with Crippen LogP contribution in [0.5, 0.6) is 0 Å². The summed E-state index contributed by atoms with van der Waals surface area (Å²) < 4.78 is 0. The molecule has 0 saturated carbocycles. The normalized spacial score (nSPS) is 9.00. The van der Waals surface area contributed by atoms with Crippen LogP contribution in [0.4, 0.5) is 0 Å². The van der Waals surface area contributed by atoms with Gasteiger partial charge in [-0.05, 0) is 0 Å². The molecule has 0 aromatic carbocycles. The van der Waals surface area contributed by atoms with Crippen molar-refractivity contribution in [3.63, 3.8) is 0 Å². The molecule has 0 N–H and O–H groups in total. The van der Waals surface area contributed by atoms with Gasteiger partial charge in [0, 0.05) is 0 Å². The van der Waals surface area contributed by atoms with Crippen LogP contribution >= 0.6 is 0 Å². The van der Waals surface area contributed by atoms with Gasteiger partial charge in [0.2, 0.25) is 0 Å². The standard InChI is InChI=1S/C8H11B/c1-2-4-8-5-3-6-9-7-8/h3,5-7H,2,4H2,1H3. The zero-order valence-corrected chi connectivity index (χ0v) is 5.80. The molecule has 1 aromatic heterocycles. The van der Waals surface area contributed by atoms with Crippen LogP contribution < -0.4 is 0 Å². The SMILES string of the molecule is CCCc1cbccc1. The van der Waals surface area contributed by atoms with Crippen LogP contribution in [-0.4, -0.2) is 6.91 Å². The summed E-state index contributed by atoms with van der Waals surface area (Å²) in [6.07, 6.45) is 2.45. The van der Waals surface area contributed by atoms with Crippen molar-refractivity contribution in [3.05, 3.63) is 29.6 Å². The van der Waals surface area contributed by atoms with E-state index >= 15 is 0 Å². The average Bonchev–Trinajstić information content (AvgIpc) is 1.91. The molecule has 0 radical (unpaired) electrons. The van der Waals surface area contributed by atoms with Crippen molar-refractivity contribution in [2.24, 2.45) is 0 Å². The van der Waals surface area contributed by atoms with E-state index in [-0.39, 0.29) is 0 Å². The van der Waals surface area contributed by atoms with Crippen LogP contribution in [0, 0.1) is 0 Å². The maximum absolute atomic E-state index is 2.20. The Morgan fingerprint density at radius 1 is 1.56 bits per heavy atom. The van der Waals surface area contributed by atoms with Crippen molar-refractivity contribution < 1.29 is 0 Å². The maximum atomic E-state index is 2.20. The van der Waals surface area contributed by atoms with Crippen molar-refractivity contribution in [2.45, 2.75) is 19.8 Å². The Morgan fingerprint density at radius 3 is 3.00 bits per heavy atom. The molecule has 0 fully saturated rings. The molecular formula is C8H11B. The average molecular weight is 118 g/mol. The summed E-state index contributed by atoms with van der Waals surface area (Å²) in [7, 11) is 0.